The van der Waals surface area contributed by atoms with Crippen LogP contribution in [0.2, 0.25) is 0 Å². The average molecular weight is 778 g/mol. The van der Waals surface area contributed by atoms with E-state index in [1.165, 1.54) is 47.7 Å². The lowest BCUT2D eigenvalue weighted by atomic mass is 10.1. The van der Waals surface area contributed by atoms with E-state index in [4.69, 9.17) is 42.6 Å². The first kappa shape index (κ1) is 45.4. The fourth-order valence-electron chi connectivity index (χ4n) is 2.54. The van der Waals surface area contributed by atoms with Crippen LogP contribution in [0.3, 0.4) is 0 Å². The molecular weight excluding hydrogens is 765 g/mol. The Bertz CT molecular complexity index is 1540. The van der Waals surface area contributed by atoms with Crippen LogP contribution in [0.25, 0.3) is 0 Å². The van der Waals surface area contributed by atoms with Crippen LogP contribution in [0, 0.1) is 141 Å². The van der Waals surface area contributed by atoms with Crippen molar-refractivity contribution < 1.29 is 43.9 Å². The maximum Gasteiger partial charge on any atom is 0.181 e. The summed E-state index contributed by atoms with van der Waals surface area (Å²) in [7, 11) is 0. The first-order valence-corrected chi connectivity index (χ1v) is 11.5. The maximum atomic E-state index is 13.1. The Morgan fingerprint density at radius 2 is 0.596 bits per heavy atom. The number of anilines is 1. The minimum Gasteiger partial charge on any atom is -0.395 e. The van der Waals surface area contributed by atoms with Gasteiger partial charge in [0.05, 0.1) is 15.3 Å². The molecule has 3 aromatic carbocycles. The molecule has 3 rings (SSSR count). The monoisotopic (exact) mass is 778 g/mol. The molecule has 0 amide bonds. The van der Waals surface area contributed by atoms with Crippen LogP contribution in [0.5, 0.6) is 0 Å². The van der Waals surface area contributed by atoms with Crippen molar-refractivity contribution in [3.05, 3.63) is 95.1 Å². The van der Waals surface area contributed by atoms with Crippen molar-refractivity contribution in [2.24, 2.45) is 0 Å². The lowest BCUT2D eigenvalue weighted by molar-refractivity contribution is 0.446. The number of nitrogen functional groups attached to an aromatic ring is 1. The molecule has 0 bridgehead atoms. The van der Waals surface area contributed by atoms with Crippen molar-refractivity contribution in [2.75, 3.05) is 5.73 Å². The number of rotatable bonds is 0. The van der Waals surface area contributed by atoms with Crippen molar-refractivity contribution in [3.8, 4) is 42.5 Å². The van der Waals surface area contributed by atoms with E-state index in [1.54, 1.807) is 6.07 Å². The Morgan fingerprint density at radius 1 is 0.404 bits per heavy atom. The third-order valence-electron chi connectivity index (χ3n) is 4.55. The summed E-state index contributed by atoms with van der Waals surface area (Å²) in [5.41, 5.74) is -2.41. The van der Waals surface area contributed by atoms with Crippen LogP contribution in [-0.4, -0.2) is 0 Å². The number of halogens is 11. The molecular formula is C28H13F10IN8. The Kier molecular flexibility index (Phi) is 19.3. The van der Waals surface area contributed by atoms with Gasteiger partial charge in [0.1, 0.15) is 69.8 Å². The molecule has 19 heteroatoms. The standard InChI is InChI=1S/C8F4N2.C8F3IN2.C8H2F3N3.C2H3N.2CH4/c9-5-3(1-13)6(10)8(12)4(2-14)7(5)11;9-5-3(1-13)7(11)8(12)4(2-14)6(5)10;9-5-3(1-12)7(11)8(14)4(2-13)6(5)10;1-2-3;;/h;;14H2;1H3;2*1H4. The fourth-order valence-corrected chi connectivity index (χ4v) is 3.17. The van der Waals surface area contributed by atoms with Crippen LogP contribution in [0.1, 0.15) is 55.2 Å². The fraction of sp³-hybridized carbons (Fsp3) is 0.107. The molecule has 0 radical (unpaired) electrons. The van der Waals surface area contributed by atoms with Gasteiger partial charge in [-0.3, -0.25) is 0 Å². The summed E-state index contributed by atoms with van der Waals surface area (Å²) in [4.78, 5) is 0. The van der Waals surface area contributed by atoms with E-state index < -0.39 is 97.2 Å². The van der Waals surface area contributed by atoms with E-state index >= 15 is 0 Å². The highest BCUT2D eigenvalue weighted by atomic mass is 127. The molecule has 0 unspecified atom stereocenters. The SMILES string of the molecule is C.C.CC#N.N#Cc1c(F)c(F)c(C#N)c(F)c1F.N#Cc1c(F)c(F)c(C#N)c(I)c1F.N#Cc1c(N)c(F)c(C#N)c(F)c1F. The average Bonchev–Trinajstić information content (AvgIpc) is 3.01. The molecule has 2 N–H and O–H groups in total. The van der Waals surface area contributed by atoms with Crippen LogP contribution in [0.4, 0.5) is 49.6 Å². The zero-order valence-electron chi connectivity index (χ0n) is 21.4. The molecule has 0 aliphatic heterocycles. The summed E-state index contributed by atoms with van der Waals surface area (Å²) in [6, 6.07) is 8.51. The van der Waals surface area contributed by atoms with Gasteiger partial charge in [0.15, 0.2) is 58.2 Å². The van der Waals surface area contributed by atoms with E-state index in [-0.39, 0.29) is 18.4 Å². The van der Waals surface area contributed by atoms with Crippen LogP contribution >= 0.6 is 22.6 Å². The third kappa shape index (κ3) is 9.45. The Hall–Kier alpha value is -6.08. The normalized spacial score (nSPS) is 8.45. The predicted octanol–water partition coefficient (Wildman–Crippen LogP) is 7.67. The molecule has 47 heavy (non-hydrogen) atoms. The van der Waals surface area contributed by atoms with Crippen LogP contribution < -0.4 is 5.73 Å². The highest BCUT2D eigenvalue weighted by Gasteiger charge is 2.26. The molecule has 0 atom stereocenters. The van der Waals surface area contributed by atoms with E-state index in [0.29, 0.717) is 0 Å². The van der Waals surface area contributed by atoms with Crippen LogP contribution in [0.15, 0.2) is 0 Å². The van der Waals surface area contributed by atoms with Crippen molar-refractivity contribution in [3.63, 3.8) is 0 Å². The number of nitrogens with two attached hydrogens (primary N) is 1. The third-order valence-corrected chi connectivity index (χ3v) is 5.57. The van der Waals surface area contributed by atoms with Gasteiger partial charge in [-0.05, 0) is 22.6 Å². The number of hydrogen-bond donors (Lipinski definition) is 1. The van der Waals surface area contributed by atoms with Gasteiger partial charge in [-0.1, -0.05) is 14.9 Å². The number of nitrogens with zero attached hydrogens (tertiary/aromatic N) is 7. The zero-order chi connectivity index (χ0) is 35.3. The Morgan fingerprint density at radius 3 is 0.851 bits per heavy atom. The maximum absolute atomic E-state index is 13.1. The molecule has 3 aromatic rings. The molecule has 8 nitrogen and oxygen atoms in total. The van der Waals surface area contributed by atoms with Crippen molar-refractivity contribution >= 4 is 28.3 Å². The van der Waals surface area contributed by atoms with E-state index in [1.807, 2.05) is 0 Å². The largest absolute Gasteiger partial charge is 0.395 e. The Labute approximate surface area is 273 Å². The number of hydrogen-bond acceptors (Lipinski definition) is 8. The highest BCUT2D eigenvalue weighted by Crippen LogP contribution is 2.27. The first-order valence-electron chi connectivity index (χ1n) is 10.4. The summed E-state index contributed by atoms with van der Waals surface area (Å²) in [5.74, 6) is -16.5. The van der Waals surface area contributed by atoms with Crippen molar-refractivity contribution in [2.45, 2.75) is 21.8 Å². The lowest BCUT2D eigenvalue weighted by Crippen LogP contribution is -2.05. The van der Waals surface area contributed by atoms with Gasteiger partial charge in [0, 0.05) is 6.92 Å². The molecule has 0 saturated carbocycles. The summed E-state index contributed by atoms with van der Waals surface area (Å²) >= 11 is 1.34. The quantitative estimate of drug-likeness (QED) is 0.104. The van der Waals surface area contributed by atoms with Crippen LogP contribution in [-0.2, 0) is 0 Å². The van der Waals surface area contributed by atoms with Gasteiger partial charge in [0.2, 0.25) is 0 Å². The number of benzene rings is 3. The molecule has 0 aromatic heterocycles. The summed E-state index contributed by atoms with van der Waals surface area (Å²) in [6.07, 6.45) is 0. The van der Waals surface area contributed by atoms with Gasteiger partial charge in [-0.2, -0.15) is 36.8 Å². The minimum atomic E-state index is -1.86. The second kappa shape index (κ2) is 20.0. The second-order valence-corrected chi connectivity index (χ2v) is 8.09. The topological polar surface area (TPSA) is 193 Å². The van der Waals surface area contributed by atoms with Gasteiger partial charge in [-0.25, -0.2) is 43.9 Å². The van der Waals surface area contributed by atoms with Crippen molar-refractivity contribution in [1.29, 1.82) is 36.8 Å². The van der Waals surface area contributed by atoms with Gasteiger partial charge in [0.25, 0.3) is 0 Å². The van der Waals surface area contributed by atoms with Gasteiger partial charge in [-0.15, -0.1) is 0 Å². The molecule has 242 valence electrons. The van der Waals surface area contributed by atoms with E-state index in [9.17, 15) is 43.9 Å². The summed E-state index contributed by atoms with van der Waals surface area (Å²) in [6.45, 7) is 1.43. The van der Waals surface area contributed by atoms with Crippen molar-refractivity contribution in [1.82, 2.24) is 0 Å². The van der Waals surface area contributed by atoms with E-state index in [2.05, 4.69) is 0 Å². The van der Waals surface area contributed by atoms with E-state index in [0.717, 1.165) is 18.2 Å². The molecule has 0 saturated heterocycles. The molecule has 0 aliphatic rings. The zero-order valence-corrected chi connectivity index (χ0v) is 23.5. The molecule has 0 heterocycles. The molecule has 0 aliphatic carbocycles. The molecule has 0 spiro atoms. The first-order chi connectivity index (χ1) is 21.0. The minimum absolute atomic E-state index is 0. The number of nitriles is 7. The predicted molar refractivity (Wildman–Crippen MR) is 149 cm³/mol. The Balaban J connectivity index is -0.000000580. The lowest BCUT2D eigenvalue weighted by Gasteiger charge is -2.03. The van der Waals surface area contributed by atoms with Gasteiger partial charge < -0.3 is 5.73 Å². The summed E-state index contributed by atoms with van der Waals surface area (Å²) in [5, 5.41) is 57.0. The summed E-state index contributed by atoms with van der Waals surface area (Å²) < 4.78 is 128. The smallest absolute Gasteiger partial charge is 0.181 e. The second-order valence-electron chi connectivity index (χ2n) is 7.01. The highest BCUT2D eigenvalue weighted by molar-refractivity contribution is 14.1. The van der Waals surface area contributed by atoms with Gasteiger partial charge >= 0.3 is 0 Å². The molecule has 0 fully saturated rings.